The van der Waals surface area contributed by atoms with Crippen LogP contribution in [0, 0.1) is 0 Å². The van der Waals surface area contributed by atoms with Crippen molar-refractivity contribution in [2.45, 2.75) is 4.90 Å². The van der Waals surface area contributed by atoms with Crippen LogP contribution in [0.2, 0.25) is 5.02 Å². The van der Waals surface area contributed by atoms with Crippen molar-refractivity contribution >= 4 is 44.9 Å². The highest BCUT2D eigenvalue weighted by Gasteiger charge is 2.26. The first-order chi connectivity index (χ1) is 14.3. The standard InChI is InChI=1S/C19H20ClN3O6S/c20-16-5-4-13(10-17(16)21)19(25)29-12-18(24)22-14-2-1-3-15(11-14)30(26,27)23-6-8-28-9-7-23/h1-5,10-11H,6-9,12,21H2,(H,22,24). The number of carbonyl (C=O) groups excluding carboxylic acids is 2. The molecular formula is C19H20ClN3O6S. The highest BCUT2D eigenvalue weighted by molar-refractivity contribution is 7.89. The number of carbonyl (C=O) groups is 2. The van der Waals surface area contributed by atoms with Gasteiger partial charge >= 0.3 is 5.97 Å². The smallest absolute Gasteiger partial charge is 0.338 e. The minimum atomic E-state index is -3.70. The number of halogens is 1. The number of sulfonamides is 1. The van der Waals surface area contributed by atoms with Crippen LogP contribution in [-0.2, 0) is 24.3 Å². The summed E-state index contributed by atoms with van der Waals surface area (Å²) < 4.78 is 36.9. The Balaban J connectivity index is 1.61. The molecule has 3 rings (SSSR count). The van der Waals surface area contributed by atoms with E-state index < -0.39 is 28.5 Å². The van der Waals surface area contributed by atoms with Gasteiger partial charge in [-0.1, -0.05) is 17.7 Å². The number of morpholine rings is 1. The molecule has 0 spiro atoms. The van der Waals surface area contributed by atoms with E-state index in [9.17, 15) is 18.0 Å². The van der Waals surface area contributed by atoms with Crippen LogP contribution in [0.25, 0.3) is 0 Å². The number of nitrogens with one attached hydrogen (secondary N) is 1. The molecule has 1 fully saturated rings. The fourth-order valence-corrected chi connectivity index (χ4v) is 4.32. The minimum absolute atomic E-state index is 0.0517. The van der Waals surface area contributed by atoms with E-state index in [4.69, 9.17) is 26.8 Å². The molecule has 0 saturated carbocycles. The maximum absolute atomic E-state index is 12.7. The van der Waals surface area contributed by atoms with Crippen LogP contribution in [0.3, 0.4) is 0 Å². The van der Waals surface area contributed by atoms with Gasteiger partial charge in [0.25, 0.3) is 5.91 Å². The molecule has 0 radical (unpaired) electrons. The van der Waals surface area contributed by atoms with Crippen molar-refractivity contribution in [3.8, 4) is 0 Å². The van der Waals surface area contributed by atoms with Gasteiger partial charge in [0.05, 0.1) is 34.4 Å². The second-order valence-electron chi connectivity index (χ2n) is 6.40. The fraction of sp³-hybridized carbons (Fsp3) is 0.263. The molecule has 30 heavy (non-hydrogen) atoms. The molecule has 0 unspecified atom stereocenters. The topological polar surface area (TPSA) is 128 Å². The van der Waals surface area contributed by atoms with Crippen molar-refractivity contribution in [2.24, 2.45) is 0 Å². The van der Waals surface area contributed by atoms with Gasteiger partial charge in [0.2, 0.25) is 10.0 Å². The van der Waals surface area contributed by atoms with Crippen LogP contribution < -0.4 is 11.1 Å². The van der Waals surface area contributed by atoms with Crippen molar-refractivity contribution in [1.29, 1.82) is 0 Å². The number of hydrogen-bond donors (Lipinski definition) is 2. The molecule has 2 aromatic rings. The Bertz CT molecular complexity index is 1050. The molecule has 3 N–H and O–H groups in total. The van der Waals surface area contributed by atoms with Gasteiger partial charge < -0.3 is 20.5 Å². The summed E-state index contributed by atoms with van der Waals surface area (Å²) in [5.74, 6) is -1.36. The van der Waals surface area contributed by atoms with Crippen LogP contribution in [0.1, 0.15) is 10.4 Å². The lowest BCUT2D eigenvalue weighted by molar-refractivity contribution is -0.119. The van der Waals surface area contributed by atoms with Gasteiger partial charge in [0.15, 0.2) is 6.61 Å². The van der Waals surface area contributed by atoms with E-state index >= 15 is 0 Å². The largest absolute Gasteiger partial charge is 0.452 e. The second-order valence-corrected chi connectivity index (χ2v) is 8.75. The number of anilines is 2. The molecule has 1 heterocycles. The van der Waals surface area contributed by atoms with Gasteiger partial charge in [-0.05, 0) is 36.4 Å². The van der Waals surface area contributed by atoms with E-state index in [2.05, 4.69) is 5.32 Å². The number of rotatable bonds is 6. The molecule has 0 aromatic heterocycles. The number of ether oxygens (including phenoxy) is 2. The van der Waals surface area contributed by atoms with Crippen molar-refractivity contribution in [1.82, 2.24) is 4.31 Å². The monoisotopic (exact) mass is 453 g/mol. The molecular weight excluding hydrogens is 434 g/mol. The second kappa shape index (κ2) is 9.43. The quantitative estimate of drug-likeness (QED) is 0.503. The molecule has 2 aromatic carbocycles. The lowest BCUT2D eigenvalue weighted by Gasteiger charge is -2.26. The van der Waals surface area contributed by atoms with E-state index in [1.54, 1.807) is 0 Å². The Labute approximate surface area is 178 Å². The normalized spacial score (nSPS) is 14.8. The average Bonchev–Trinajstić information content (AvgIpc) is 2.75. The number of nitrogen functional groups attached to an aromatic ring is 1. The number of hydrogen-bond acceptors (Lipinski definition) is 7. The first kappa shape index (κ1) is 22.0. The molecule has 1 saturated heterocycles. The molecule has 0 atom stereocenters. The minimum Gasteiger partial charge on any atom is -0.452 e. The molecule has 1 aliphatic heterocycles. The summed E-state index contributed by atoms with van der Waals surface area (Å²) in [6, 6.07) is 10.1. The number of amides is 1. The zero-order chi connectivity index (χ0) is 21.7. The third-order valence-corrected chi connectivity index (χ3v) is 6.53. The van der Waals surface area contributed by atoms with Crippen molar-refractivity contribution < 1.29 is 27.5 Å². The molecule has 1 aliphatic rings. The van der Waals surface area contributed by atoms with Gasteiger partial charge in [-0.3, -0.25) is 4.79 Å². The average molecular weight is 454 g/mol. The summed E-state index contributed by atoms with van der Waals surface area (Å²) in [7, 11) is -3.70. The summed E-state index contributed by atoms with van der Waals surface area (Å²) in [4.78, 5) is 24.2. The van der Waals surface area contributed by atoms with E-state index in [0.29, 0.717) is 18.2 Å². The summed E-state index contributed by atoms with van der Waals surface area (Å²) in [5, 5.41) is 2.82. The zero-order valence-electron chi connectivity index (χ0n) is 15.8. The van der Waals surface area contributed by atoms with Crippen molar-refractivity contribution in [2.75, 3.05) is 44.0 Å². The van der Waals surface area contributed by atoms with E-state index in [1.165, 1.54) is 46.8 Å². The summed E-state index contributed by atoms with van der Waals surface area (Å²) in [5.41, 5.74) is 6.28. The zero-order valence-corrected chi connectivity index (χ0v) is 17.4. The number of nitrogens with zero attached hydrogens (tertiary/aromatic N) is 1. The van der Waals surface area contributed by atoms with Crippen LogP contribution in [0.15, 0.2) is 47.4 Å². The van der Waals surface area contributed by atoms with Crippen molar-refractivity contribution in [3.63, 3.8) is 0 Å². The molecule has 160 valence electrons. The summed E-state index contributed by atoms with van der Waals surface area (Å²) in [6.45, 7) is 0.649. The highest BCUT2D eigenvalue weighted by atomic mass is 35.5. The maximum Gasteiger partial charge on any atom is 0.338 e. The highest BCUT2D eigenvalue weighted by Crippen LogP contribution is 2.21. The lowest BCUT2D eigenvalue weighted by Crippen LogP contribution is -2.40. The van der Waals surface area contributed by atoms with Gasteiger partial charge in [0.1, 0.15) is 0 Å². The lowest BCUT2D eigenvalue weighted by atomic mass is 10.2. The molecule has 0 aliphatic carbocycles. The van der Waals surface area contributed by atoms with Crippen LogP contribution >= 0.6 is 11.6 Å². The van der Waals surface area contributed by atoms with Gasteiger partial charge in [-0.2, -0.15) is 4.31 Å². The molecule has 1 amide bonds. The van der Waals surface area contributed by atoms with E-state index in [1.807, 2.05) is 0 Å². The Morgan fingerprint density at radius 3 is 2.60 bits per heavy atom. The third kappa shape index (κ3) is 5.28. The first-order valence-electron chi connectivity index (χ1n) is 8.97. The Morgan fingerprint density at radius 1 is 1.17 bits per heavy atom. The van der Waals surface area contributed by atoms with Crippen molar-refractivity contribution in [3.05, 3.63) is 53.1 Å². The Kier molecular flexibility index (Phi) is 6.93. The van der Waals surface area contributed by atoms with Gasteiger partial charge in [-0.15, -0.1) is 0 Å². The van der Waals surface area contributed by atoms with E-state index in [-0.39, 0.29) is 34.9 Å². The SMILES string of the molecule is Nc1cc(C(=O)OCC(=O)Nc2cccc(S(=O)(=O)N3CCOCC3)c2)ccc1Cl. The molecule has 0 bridgehead atoms. The van der Waals surface area contributed by atoms with Crippen LogP contribution in [-0.4, -0.2) is 57.5 Å². The third-order valence-electron chi connectivity index (χ3n) is 4.29. The number of esters is 1. The van der Waals surface area contributed by atoms with Gasteiger partial charge in [0, 0.05) is 18.8 Å². The number of benzene rings is 2. The predicted octanol–water partition coefficient (Wildman–Crippen LogP) is 1.74. The Hall–Kier alpha value is -2.66. The molecule has 9 nitrogen and oxygen atoms in total. The maximum atomic E-state index is 12.7. The predicted molar refractivity (Wildman–Crippen MR) is 111 cm³/mol. The number of nitrogens with two attached hydrogens (primary N) is 1. The van der Waals surface area contributed by atoms with Crippen LogP contribution in [0.5, 0.6) is 0 Å². The van der Waals surface area contributed by atoms with E-state index in [0.717, 1.165) is 0 Å². The van der Waals surface area contributed by atoms with Gasteiger partial charge in [-0.25, -0.2) is 13.2 Å². The molecule has 11 heteroatoms. The Morgan fingerprint density at radius 2 is 1.90 bits per heavy atom. The summed E-state index contributed by atoms with van der Waals surface area (Å²) >= 11 is 5.80. The summed E-state index contributed by atoms with van der Waals surface area (Å²) in [6.07, 6.45) is 0. The van der Waals surface area contributed by atoms with Crippen LogP contribution in [0.4, 0.5) is 11.4 Å². The fourth-order valence-electron chi connectivity index (χ4n) is 2.75. The first-order valence-corrected chi connectivity index (χ1v) is 10.8.